The number of nitrogens with zero attached hydrogens (tertiary/aromatic N) is 2. The number of rotatable bonds is 7. The van der Waals surface area contributed by atoms with Gasteiger partial charge in [0.2, 0.25) is 11.9 Å². The molecule has 0 fully saturated rings. The number of anilines is 3. The second-order valence-corrected chi connectivity index (χ2v) is 8.23. The van der Waals surface area contributed by atoms with Crippen molar-refractivity contribution in [1.29, 1.82) is 0 Å². The number of amides is 2. The average molecular weight is 465 g/mol. The highest BCUT2D eigenvalue weighted by Crippen LogP contribution is 2.38. The first kappa shape index (κ1) is 23.0. The molecular weight excluding hydrogens is 441 g/mol. The van der Waals surface area contributed by atoms with Gasteiger partial charge in [-0.25, -0.2) is 14.4 Å². The minimum absolute atomic E-state index is 0.0488. The van der Waals surface area contributed by atoms with Gasteiger partial charge >= 0.3 is 0 Å². The maximum atomic E-state index is 14.6. The van der Waals surface area contributed by atoms with Gasteiger partial charge in [-0.15, -0.1) is 0 Å². The van der Waals surface area contributed by atoms with Gasteiger partial charge in [0, 0.05) is 29.5 Å². The molecule has 10 heteroatoms. The van der Waals surface area contributed by atoms with Crippen LogP contribution in [-0.2, 0) is 16.8 Å². The molecule has 0 saturated carbocycles. The number of fused-ring (bicyclic) bond motifs is 1. The number of nitrogens with one attached hydrogen (secondary N) is 3. The molecule has 3 N–H and O–H groups in total. The lowest BCUT2D eigenvalue weighted by Gasteiger charge is -2.15. The van der Waals surface area contributed by atoms with E-state index in [4.69, 9.17) is 9.47 Å². The van der Waals surface area contributed by atoms with Gasteiger partial charge in [0.05, 0.1) is 24.9 Å². The van der Waals surface area contributed by atoms with Gasteiger partial charge in [-0.1, -0.05) is 6.07 Å². The summed E-state index contributed by atoms with van der Waals surface area (Å²) in [5.41, 5.74) is 2.22. The van der Waals surface area contributed by atoms with E-state index in [-0.39, 0.29) is 35.3 Å². The first-order valence-electron chi connectivity index (χ1n) is 10.5. The fourth-order valence-electron chi connectivity index (χ4n) is 3.60. The molecule has 0 unspecified atom stereocenters. The highest BCUT2D eigenvalue weighted by Gasteiger charge is 2.38. The zero-order valence-electron chi connectivity index (χ0n) is 19.2. The molecule has 0 spiro atoms. The fourth-order valence-corrected chi connectivity index (χ4v) is 3.60. The van der Waals surface area contributed by atoms with Crippen molar-refractivity contribution in [2.45, 2.75) is 25.9 Å². The standard InChI is InChI=1S/C24H24FN5O4/c1-24(2)17-6-5-15(9-18(17)30-22(24)32)29-23-27-10-16(11-28-23)34-12-14-7-13(21(31)26-3)8-19(33-4)20(14)25/h5-11H,12H2,1-4H3,(H,26,31)(H,30,32)(H,27,28,29). The van der Waals surface area contributed by atoms with Crippen LogP contribution in [0.5, 0.6) is 11.5 Å². The van der Waals surface area contributed by atoms with Crippen molar-refractivity contribution in [3.05, 3.63) is 65.2 Å². The van der Waals surface area contributed by atoms with Crippen molar-refractivity contribution in [2.24, 2.45) is 0 Å². The van der Waals surface area contributed by atoms with Crippen LogP contribution in [0.25, 0.3) is 0 Å². The molecule has 0 bridgehead atoms. The summed E-state index contributed by atoms with van der Waals surface area (Å²) in [6, 6.07) is 8.30. The van der Waals surface area contributed by atoms with Crippen LogP contribution in [0.3, 0.4) is 0 Å². The van der Waals surface area contributed by atoms with Crippen molar-refractivity contribution in [3.8, 4) is 11.5 Å². The van der Waals surface area contributed by atoms with Crippen molar-refractivity contribution in [1.82, 2.24) is 15.3 Å². The molecular formula is C24H24FN5O4. The van der Waals surface area contributed by atoms with Crippen LogP contribution >= 0.6 is 0 Å². The molecule has 176 valence electrons. The van der Waals surface area contributed by atoms with Crippen LogP contribution in [-0.4, -0.2) is 35.9 Å². The van der Waals surface area contributed by atoms with Gasteiger partial charge in [-0.2, -0.15) is 0 Å². The van der Waals surface area contributed by atoms with E-state index in [9.17, 15) is 14.0 Å². The second-order valence-electron chi connectivity index (χ2n) is 8.23. The largest absolute Gasteiger partial charge is 0.494 e. The Morgan fingerprint density at radius 1 is 1.18 bits per heavy atom. The normalized spacial score (nSPS) is 13.6. The summed E-state index contributed by atoms with van der Waals surface area (Å²) in [5, 5.41) is 8.45. The van der Waals surface area contributed by atoms with Crippen LogP contribution in [0.15, 0.2) is 42.7 Å². The van der Waals surface area contributed by atoms with Gasteiger partial charge < -0.3 is 25.4 Å². The lowest BCUT2D eigenvalue weighted by Crippen LogP contribution is -2.26. The first-order valence-corrected chi connectivity index (χ1v) is 10.5. The lowest BCUT2D eigenvalue weighted by atomic mass is 9.86. The summed E-state index contributed by atoms with van der Waals surface area (Å²) < 4.78 is 25.2. The van der Waals surface area contributed by atoms with Crippen molar-refractivity contribution >= 4 is 29.1 Å². The molecule has 1 aromatic heterocycles. The topological polar surface area (TPSA) is 114 Å². The Kier molecular flexibility index (Phi) is 6.06. The Balaban J connectivity index is 1.44. The molecule has 4 rings (SSSR count). The summed E-state index contributed by atoms with van der Waals surface area (Å²) in [5.74, 6) is -0.437. The molecule has 2 aromatic carbocycles. The SMILES string of the molecule is CNC(=O)c1cc(COc2cnc(Nc3ccc4c(c3)NC(=O)C4(C)C)nc2)c(F)c(OC)c1. The Hall–Kier alpha value is -4.21. The van der Waals surface area contributed by atoms with Crippen LogP contribution in [0, 0.1) is 5.82 Å². The van der Waals surface area contributed by atoms with Gasteiger partial charge in [-0.05, 0) is 43.7 Å². The minimum Gasteiger partial charge on any atom is -0.494 e. The Morgan fingerprint density at radius 2 is 1.91 bits per heavy atom. The molecule has 1 aliphatic heterocycles. The third kappa shape index (κ3) is 4.34. The van der Waals surface area contributed by atoms with Crippen molar-refractivity contribution < 1.29 is 23.5 Å². The van der Waals surface area contributed by atoms with E-state index < -0.39 is 11.2 Å². The predicted octanol–water partition coefficient (Wildman–Crippen LogP) is 3.54. The zero-order chi connectivity index (χ0) is 24.5. The van der Waals surface area contributed by atoms with Crippen molar-refractivity contribution in [3.63, 3.8) is 0 Å². The van der Waals surface area contributed by atoms with Crippen LogP contribution in [0.4, 0.5) is 21.7 Å². The van der Waals surface area contributed by atoms with Gasteiger partial charge in [-0.3, -0.25) is 9.59 Å². The first-order chi connectivity index (χ1) is 16.2. The van der Waals surface area contributed by atoms with Gasteiger partial charge in [0.15, 0.2) is 17.3 Å². The van der Waals surface area contributed by atoms with E-state index in [2.05, 4.69) is 25.9 Å². The molecule has 9 nitrogen and oxygen atoms in total. The Bertz CT molecular complexity index is 1260. The third-order valence-electron chi connectivity index (χ3n) is 5.61. The summed E-state index contributed by atoms with van der Waals surface area (Å²) >= 11 is 0. The predicted molar refractivity (Wildman–Crippen MR) is 124 cm³/mol. The number of methoxy groups -OCH3 is 1. The van der Waals surface area contributed by atoms with Gasteiger partial charge in [0.1, 0.15) is 6.61 Å². The number of carbonyl (C=O) groups excluding carboxylic acids is 2. The second kappa shape index (κ2) is 8.97. The molecule has 34 heavy (non-hydrogen) atoms. The number of hydrogen-bond acceptors (Lipinski definition) is 7. The summed E-state index contributed by atoms with van der Waals surface area (Å²) in [7, 11) is 2.81. The molecule has 2 amide bonds. The van der Waals surface area contributed by atoms with Gasteiger partial charge in [0.25, 0.3) is 5.91 Å². The molecule has 0 atom stereocenters. The van der Waals surface area contributed by atoms with E-state index in [0.717, 1.165) is 11.3 Å². The zero-order valence-corrected chi connectivity index (χ0v) is 19.2. The van der Waals surface area contributed by atoms with Crippen LogP contribution in [0.2, 0.25) is 0 Å². The quantitative estimate of drug-likeness (QED) is 0.489. The highest BCUT2D eigenvalue weighted by atomic mass is 19.1. The Labute approximate surface area is 195 Å². The number of benzene rings is 2. The van der Waals surface area contributed by atoms with Crippen LogP contribution in [0.1, 0.15) is 35.3 Å². The number of aromatic nitrogens is 2. The lowest BCUT2D eigenvalue weighted by molar-refractivity contribution is -0.119. The highest BCUT2D eigenvalue weighted by molar-refractivity contribution is 6.06. The Morgan fingerprint density at radius 3 is 2.59 bits per heavy atom. The summed E-state index contributed by atoms with van der Waals surface area (Å²) in [6.45, 7) is 3.60. The van der Waals surface area contributed by atoms with Crippen molar-refractivity contribution in [2.75, 3.05) is 24.8 Å². The van der Waals surface area contributed by atoms with E-state index >= 15 is 0 Å². The molecule has 3 aromatic rings. The van der Waals surface area contributed by atoms with E-state index in [1.54, 1.807) is 0 Å². The number of halogens is 1. The van der Waals surface area contributed by atoms with E-state index in [1.165, 1.54) is 38.7 Å². The maximum absolute atomic E-state index is 14.6. The minimum atomic E-state index is -0.610. The maximum Gasteiger partial charge on any atom is 0.251 e. The molecule has 0 radical (unpaired) electrons. The number of hydrogen-bond donors (Lipinski definition) is 3. The van der Waals surface area contributed by atoms with E-state index in [0.29, 0.717) is 17.4 Å². The monoisotopic (exact) mass is 465 g/mol. The summed E-state index contributed by atoms with van der Waals surface area (Å²) in [6.07, 6.45) is 2.90. The third-order valence-corrected chi connectivity index (χ3v) is 5.61. The average Bonchev–Trinajstić information content (AvgIpc) is 3.06. The molecule has 1 aliphatic rings. The smallest absolute Gasteiger partial charge is 0.251 e. The molecule has 0 aliphatic carbocycles. The number of ether oxygens (including phenoxy) is 2. The molecule has 2 heterocycles. The van der Waals surface area contributed by atoms with Crippen LogP contribution < -0.4 is 25.4 Å². The molecule has 0 saturated heterocycles. The fraction of sp³-hybridized carbons (Fsp3) is 0.250. The van der Waals surface area contributed by atoms with E-state index in [1.807, 2.05) is 32.0 Å². The number of carbonyl (C=O) groups is 2. The summed E-state index contributed by atoms with van der Waals surface area (Å²) in [4.78, 5) is 32.5.